The minimum Gasteiger partial charge on any atom is -0.366 e. The van der Waals surface area contributed by atoms with Crippen molar-refractivity contribution in [2.24, 2.45) is 11.5 Å². The molecule has 0 saturated heterocycles. The Hall–Kier alpha value is -1.36. The summed E-state index contributed by atoms with van der Waals surface area (Å²) in [6.45, 7) is 0.762. The van der Waals surface area contributed by atoms with Gasteiger partial charge in [-0.2, -0.15) is 0 Å². The maximum Gasteiger partial charge on any atom is 0.244 e. The van der Waals surface area contributed by atoms with Crippen LogP contribution < -0.4 is 16.8 Å². The van der Waals surface area contributed by atoms with Gasteiger partial charge >= 0.3 is 0 Å². The third kappa shape index (κ3) is 6.53. The molecule has 0 aromatic rings. The molecule has 0 aliphatic heterocycles. The average Bonchev–Trinajstić information content (AvgIpc) is 1.97. The molecule has 0 atom stereocenters. The van der Waals surface area contributed by atoms with Gasteiger partial charge in [0.05, 0.1) is 0 Å². The molecule has 2 amide bonds. The van der Waals surface area contributed by atoms with Gasteiger partial charge in [-0.25, -0.2) is 0 Å². The van der Waals surface area contributed by atoms with E-state index < -0.39 is 5.91 Å². The van der Waals surface area contributed by atoms with Crippen LogP contribution in [-0.4, -0.2) is 24.9 Å². The number of amides is 2. The van der Waals surface area contributed by atoms with Crippen molar-refractivity contribution in [3.8, 4) is 0 Å². The van der Waals surface area contributed by atoms with E-state index in [-0.39, 0.29) is 5.91 Å². The Balaban J connectivity index is 3.60. The zero-order chi connectivity index (χ0) is 8.69. The summed E-state index contributed by atoms with van der Waals surface area (Å²) in [6.07, 6.45) is 2.06. The van der Waals surface area contributed by atoms with Crippen LogP contribution in [-0.2, 0) is 9.59 Å². The fourth-order valence-corrected chi connectivity index (χ4v) is 0.412. The molecular weight excluding hydrogens is 146 g/mol. The van der Waals surface area contributed by atoms with Crippen LogP contribution in [0.4, 0.5) is 0 Å². The topological polar surface area (TPSA) is 98.2 Å². The van der Waals surface area contributed by atoms with Crippen molar-refractivity contribution in [2.45, 2.75) is 0 Å². The number of carbonyl (C=O) groups is 2. The van der Waals surface area contributed by atoms with E-state index in [1.807, 2.05) is 0 Å². The third-order valence-corrected chi connectivity index (χ3v) is 0.843. The van der Waals surface area contributed by atoms with Gasteiger partial charge in [0.1, 0.15) is 0 Å². The van der Waals surface area contributed by atoms with E-state index in [1.165, 1.54) is 0 Å². The van der Waals surface area contributed by atoms with Gasteiger partial charge in [0.2, 0.25) is 11.8 Å². The molecule has 5 N–H and O–H groups in total. The lowest BCUT2D eigenvalue weighted by Gasteiger charge is -1.95. The van der Waals surface area contributed by atoms with E-state index in [0.29, 0.717) is 13.1 Å². The Morgan fingerprint density at radius 3 is 2.45 bits per heavy atom. The summed E-state index contributed by atoms with van der Waals surface area (Å²) in [5, 5.41) is 2.43. The van der Waals surface area contributed by atoms with Crippen molar-refractivity contribution in [2.75, 3.05) is 13.1 Å². The lowest BCUT2D eigenvalue weighted by molar-refractivity contribution is -0.117. The molecule has 11 heavy (non-hydrogen) atoms. The molecule has 62 valence electrons. The fraction of sp³-hybridized carbons (Fsp3) is 0.333. The van der Waals surface area contributed by atoms with Crippen LogP contribution >= 0.6 is 0 Å². The van der Waals surface area contributed by atoms with Crippen molar-refractivity contribution >= 4 is 11.8 Å². The third-order valence-electron chi connectivity index (χ3n) is 0.843. The first-order valence-electron chi connectivity index (χ1n) is 3.12. The molecule has 0 spiro atoms. The van der Waals surface area contributed by atoms with Crippen LogP contribution in [0.25, 0.3) is 0 Å². The van der Waals surface area contributed by atoms with Crippen molar-refractivity contribution < 1.29 is 9.59 Å². The van der Waals surface area contributed by atoms with Crippen LogP contribution in [0.15, 0.2) is 12.2 Å². The predicted octanol–water partition coefficient (Wildman–Crippen LogP) is -1.90. The zero-order valence-electron chi connectivity index (χ0n) is 6.04. The molecule has 0 unspecified atom stereocenters. The molecule has 0 radical (unpaired) electrons. The van der Waals surface area contributed by atoms with Crippen molar-refractivity contribution in [1.29, 1.82) is 0 Å². The monoisotopic (exact) mass is 157 g/mol. The van der Waals surface area contributed by atoms with Gasteiger partial charge in [0.15, 0.2) is 0 Å². The minimum absolute atomic E-state index is 0.366. The van der Waals surface area contributed by atoms with Gasteiger partial charge in [-0.15, -0.1) is 0 Å². The average molecular weight is 157 g/mol. The molecule has 0 heterocycles. The van der Waals surface area contributed by atoms with Crippen LogP contribution in [0.3, 0.4) is 0 Å². The molecule has 0 fully saturated rings. The quantitative estimate of drug-likeness (QED) is 0.416. The molecule has 0 aliphatic rings. The highest BCUT2D eigenvalue weighted by atomic mass is 16.2. The number of primary amides is 1. The summed E-state index contributed by atoms with van der Waals surface area (Å²) in [6, 6.07) is 0. The smallest absolute Gasteiger partial charge is 0.244 e. The summed E-state index contributed by atoms with van der Waals surface area (Å²) >= 11 is 0. The minimum atomic E-state index is -0.645. The van der Waals surface area contributed by atoms with Gasteiger partial charge in [-0.1, -0.05) is 0 Å². The summed E-state index contributed by atoms with van der Waals surface area (Å²) in [4.78, 5) is 20.8. The maximum atomic E-state index is 10.6. The predicted molar refractivity (Wildman–Crippen MR) is 40.4 cm³/mol. The first kappa shape index (κ1) is 9.64. The number of nitrogens with two attached hydrogens (primary N) is 2. The molecule has 0 aliphatic carbocycles. The van der Waals surface area contributed by atoms with Crippen LogP contribution in [0, 0.1) is 0 Å². The van der Waals surface area contributed by atoms with Gasteiger partial charge in [-0.05, 0) is 0 Å². The second kappa shape index (κ2) is 5.43. The highest BCUT2D eigenvalue weighted by molar-refractivity contribution is 5.95. The van der Waals surface area contributed by atoms with E-state index in [0.717, 1.165) is 12.2 Å². The fourth-order valence-electron chi connectivity index (χ4n) is 0.412. The van der Waals surface area contributed by atoms with E-state index in [4.69, 9.17) is 11.5 Å². The van der Waals surface area contributed by atoms with Gasteiger partial charge < -0.3 is 16.8 Å². The number of hydrogen-bond donors (Lipinski definition) is 3. The van der Waals surface area contributed by atoms with E-state index in [1.54, 1.807) is 0 Å². The Kier molecular flexibility index (Phi) is 4.76. The van der Waals surface area contributed by atoms with Crippen molar-refractivity contribution in [3.05, 3.63) is 12.2 Å². The second-order valence-corrected chi connectivity index (χ2v) is 1.82. The molecule has 5 nitrogen and oxygen atoms in total. The standard InChI is InChI=1S/C6H11N3O2/c7-3-4-9-6(11)2-1-5(8)10/h1-2H,3-4,7H2,(H2,8,10)(H,9,11). The second-order valence-electron chi connectivity index (χ2n) is 1.82. The molecule has 0 bridgehead atoms. The van der Waals surface area contributed by atoms with Crippen LogP contribution in [0.5, 0.6) is 0 Å². The number of rotatable bonds is 4. The van der Waals surface area contributed by atoms with Gasteiger partial charge in [-0.3, -0.25) is 9.59 Å². The molecule has 0 aromatic heterocycles. The molecule has 0 rings (SSSR count). The first-order chi connectivity index (χ1) is 5.16. The lowest BCUT2D eigenvalue weighted by atomic mass is 10.4. The normalized spacial score (nSPS) is 9.91. The van der Waals surface area contributed by atoms with Crippen molar-refractivity contribution in [3.63, 3.8) is 0 Å². The largest absolute Gasteiger partial charge is 0.366 e. The first-order valence-corrected chi connectivity index (χ1v) is 3.12. The lowest BCUT2D eigenvalue weighted by Crippen LogP contribution is -2.27. The zero-order valence-corrected chi connectivity index (χ0v) is 6.04. The summed E-state index contributed by atoms with van der Waals surface area (Å²) in [5.41, 5.74) is 9.84. The Morgan fingerprint density at radius 2 is 2.00 bits per heavy atom. The van der Waals surface area contributed by atoms with Crippen LogP contribution in [0.2, 0.25) is 0 Å². The van der Waals surface area contributed by atoms with Crippen LogP contribution in [0.1, 0.15) is 0 Å². The molecule has 0 saturated carbocycles. The number of nitrogens with one attached hydrogen (secondary N) is 1. The number of hydrogen-bond acceptors (Lipinski definition) is 3. The molecule has 0 aromatic carbocycles. The molecule has 5 heteroatoms. The van der Waals surface area contributed by atoms with Gasteiger partial charge in [0, 0.05) is 25.2 Å². The Bertz CT molecular complexity index is 177. The Labute approximate surface area is 64.4 Å². The highest BCUT2D eigenvalue weighted by Gasteiger charge is 1.92. The molecular formula is C6H11N3O2. The van der Waals surface area contributed by atoms with E-state index in [9.17, 15) is 9.59 Å². The van der Waals surface area contributed by atoms with E-state index in [2.05, 4.69) is 5.32 Å². The Morgan fingerprint density at radius 1 is 1.36 bits per heavy atom. The highest BCUT2D eigenvalue weighted by Crippen LogP contribution is 1.71. The van der Waals surface area contributed by atoms with Gasteiger partial charge in [0.25, 0.3) is 0 Å². The maximum absolute atomic E-state index is 10.6. The van der Waals surface area contributed by atoms with E-state index >= 15 is 0 Å². The summed E-state index contributed by atoms with van der Waals surface area (Å²) in [5.74, 6) is -1.01. The van der Waals surface area contributed by atoms with Crippen molar-refractivity contribution in [1.82, 2.24) is 5.32 Å². The number of carbonyl (C=O) groups excluding carboxylic acids is 2. The SMILES string of the molecule is NCCNC(=O)C=CC(N)=O. The summed E-state index contributed by atoms with van der Waals surface area (Å²) in [7, 11) is 0. The summed E-state index contributed by atoms with van der Waals surface area (Å²) < 4.78 is 0.